The third-order valence-electron chi connectivity index (χ3n) is 5.75. The molecule has 2 aromatic rings. The van der Waals surface area contributed by atoms with Gasteiger partial charge in [-0.3, -0.25) is 14.7 Å². The predicted molar refractivity (Wildman–Crippen MR) is 137 cm³/mol. The molecule has 11 nitrogen and oxygen atoms in total. The molecule has 3 rings (SSSR count). The Kier molecular flexibility index (Phi) is 9.37. The smallest absolute Gasteiger partial charge is 0.411 e. The van der Waals surface area contributed by atoms with Gasteiger partial charge in [0, 0.05) is 32.8 Å². The number of benzene rings is 1. The lowest BCUT2D eigenvalue weighted by molar-refractivity contribution is -0.116. The third kappa shape index (κ3) is 7.98. The normalized spacial score (nSPS) is 19.6. The van der Waals surface area contributed by atoms with E-state index in [-0.39, 0.29) is 31.2 Å². The van der Waals surface area contributed by atoms with Gasteiger partial charge >= 0.3 is 11.8 Å². The molecule has 2 amide bonds. The lowest BCUT2D eigenvalue weighted by Crippen LogP contribution is -2.28. The largest absolute Gasteiger partial charge is 0.450 e. The number of aliphatic hydroxyl groups excluding tert-OH is 2. The molecule has 2 heterocycles. The van der Waals surface area contributed by atoms with Gasteiger partial charge in [-0.1, -0.05) is 37.8 Å². The molecular formula is C24H34N4O7Si. The second-order valence-electron chi connectivity index (χ2n) is 9.89. The summed E-state index contributed by atoms with van der Waals surface area (Å²) in [5.74, 6) is -0.254. The molecule has 0 aliphatic carbocycles. The molecule has 0 spiro atoms. The lowest BCUT2D eigenvalue weighted by Gasteiger charge is -2.16. The van der Waals surface area contributed by atoms with Gasteiger partial charge in [0.25, 0.3) is 0 Å². The molecule has 0 unspecified atom stereocenters. The Bertz CT molecular complexity index is 1120. The summed E-state index contributed by atoms with van der Waals surface area (Å²) in [6.07, 6.45) is -0.879. The minimum absolute atomic E-state index is 0.0934. The summed E-state index contributed by atoms with van der Waals surface area (Å²) in [6, 6.07) is 9.51. The first-order chi connectivity index (χ1) is 17.1. The Hall–Kier alpha value is -3.06. The number of hydrogen-bond donors (Lipinski definition) is 4. The molecule has 196 valence electrons. The number of carbonyl (C=O) groups is 2. The average Bonchev–Trinajstić information content (AvgIpc) is 3.18. The number of para-hydroxylation sites is 1. The van der Waals surface area contributed by atoms with Crippen LogP contribution in [0.1, 0.15) is 24.6 Å². The van der Waals surface area contributed by atoms with Gasteiger partial charge < -0.3 is 25.0 Å². The molecule has 4 N–H and O–H groups in total. The van der Waals surface area contributed by atoms with Crippen LogP contribution in [0, 0.1) is 0 Å². The van der Waals surface area contributed by atoms with E-state index in [1.807, 2.05) is 12.1 Å². The second-order valence-corrected chi connectivity index (χ2v) is 15.5. The number of hydrogen-bond acceptors (Lipinski definition) is 8. The van der Waals surface area contributed by atoms with Crippen LogP contribution < -0.4 is 16.3 Å². The number of carbonyl (C=O) groups excluding carboxylic acids is 2. The number of amides is 2. The number of nitrogens with one attached hydrogen (secondary N) is 2. The fourth-order valence-electron chi connectivity index (χ4n) is 3.66. The third-order valence-corrected chi connectivity index (χ3v) is 7.46. The van der Waals surface area contributed by atoms with Crippen LogP contribution in [0.2, 0.25) is 25.7 Å². The van der Waals surface area contributed by atoms with E-state index in [1.54, 1.807) is 12.1 Å². The van der Waals surface area contributed by atoms with Crippen LogP contribution in [0.15, 0.2) is 41.3 Å². The van der Waals surface area contributed by atoms with Crippen LogP contribution in [0.5, 0.6) is 0 Å². The van der Waals surface area contributed by atoms with Crippen molar-refractivity contribution in [2.45, 2.75) is 63.4 Å². The fourth-order valence-corrected chi connectivity index (χ4v) is 4.38. The summed E-state index contributed by atoms with van der Waals surface area (Å²) >= 11 is 0. The van der Waals surface area contributed by atoms with E-state index in [1.165, 1.54) is 16.8 Å². The first-order valence-electron chi connectivity index (χ1n) is 11.9. The van der Waals surface area contributed by atoms with Crippen LogP contribution in [-0.4, -0.2) is 65.3 Å². The standard InChI is InChI=1S/C24H34N4O7Si/c1-36(2,3)13-12-34-24(33)25-17-7-5-4-6-16(17)8-9-21(31)26-20-10-11-28(23(32)27-20)22-14-18(30)19(15-29)35-22/h4-7,10-11,18-19,22,29-30H,8-9,12-15H2,1-3H3,(H,25,33)(H,26,27,31,32)/t18-,19+,22+/m0/s1. The van der Waals surface area contributed by atoms with Crippen molar-refractivity contribution >= 4 is 31.6 Å². The summed E-state index contributed by atoms with van der Waals surface area (Å²) in [5, 5.41) is 24.4. The molecule has 0 radical (unpaired) electrons. The number of anilines is 2. The molecule has 36 heavy (non-hydrogen) atoms. The topological polar surface area (TPSA) is 152 Å². The first-order valence-corrected chi connectivity index (χ1v) is 15.6. The number of aliphatic hydroxyl groups is 2. The van der Waals surface area contributed by atoms with Crippen molar-refractivity contribution in [3.63, 3.8) is 0 Å². The Morgan fingerprint density at radius 3 is 2.64 bits per heavy atom. The average molecular weight is 519 g/mol. The minimum Gasteiger partial charge on any atom is -0.450 e. The summed E-state index contributed by atoms with van der Waals surface area (Å²) < 4.78 is 12.0. The quantitative estimate of drug-likeness (QED) is 0.350. The van der Waals surface area contributed by atoms with E-state index in [0.717, 1.165) is 11.6 Å². The van der Waals surface area contributed by atoms with Gasteiger partial charge in [0.2, 0.25) is 5.91 Å². The maximum Gasteiger partial charge on any atom is 0.411 e. The summed E-state index contributed by atoms with van der Waals surface area (Å²) in [5.41, 5.74) is 0.697. The van der Waals surface area contributed by atoms with E-state index in [9.17, 15) is 24.6 Å². The monoisotopic (exact) mass is 518 g/mol. The van der Waals surface area contributed by atoms with Crippen molar-refractivity contribution in [1.29, 1.82) is 0 Å². The Balaban J connectivity index is 1.53. The van der Waals surface area contributed by atoms with E-state index in [4.69, 9.17) is 9.47 Å². The summed E-state index contributed by atoms with van der Waals surface area (Å²) in [7, 11) is -1.31. The maximum absolute atomic E-state index is 12.5. The van der Waals surface area contributed by atoms with Crippen molar-refractivity contribution in [1.82, 2.24) is 9.55 Å². The predicted octanol–water partition coefficient (Wildman–Crippen LogP) is 2.34. The number of aryl methyl sites for hydroxylation is 1. The highest BCUT2D eigenvalue weighted by molar-refractivity contribution is 6.76. The second kappa shape index (κ2) is 12.3. The molecule has 1 aromatic carbocycles. The van der Waals surface area contributed by atoms with Crippen molar-refractivity contribution < 1.29 is 29.3 Å². The van der Waals surface area contributed by atoms with Crippen LogP contribution in [0.25, 0.3) is 0 Å². The van der Waals surface area contributed by atoms with Crippen molar-refractivity contribution in [2.75, 3.05) is 23.8 Å². The molecule has 1 aromatic heterocycles. The van der Waals surface area contributed by atoms with Gasteiger partial charge in [-0.2, -0.15) is 4.98 Å². The van der Waals surface area contributed by atoms with Crippen LogP contribution >= 0.6 is 0 Å². The molecule has 3 atom stereocenters. The molecule has 1 aliphatic heterocycles. The molecule has 1 fully saturated rings. The van der Waals surface area contributed by atoms with Crippen molar-refractivity contribution in [3.05, 3.63) is 52.6 Å². The van der Waals surface area contributed by atoms with Crippen LogP contribution in [0.3, 0.4) is 0 Å². The summed E-state index contributed by atoms with van der Waals surface area (Å²) in [4.78, 5) is 40.9. The van der Waals surface area contributed by atoms with Crippen LogP contribution in [-0.2, 0) is 20.7 Å². The van der Waals surface area contributed by atoms with Crippen molar-refractivity contribution in [3.8, 4) is 0 Å². The SMILES string of the molecule is C[Si](C)(C)CCOC(=O)Nc1ccccc1CCC(=O)Nc1ccn([C@H]2C[C@H](O)[C@@H](CO)O2)c(=O)n1. The highest BCUT2D eigenvalue weighted by Gasteiger charge is 2.35. The van der Waals surface area contributed by atoms with E-state index >= 15 is 0 Å². The molecular weight excluding hydrogens is 484 g/mol. The minimum atomic E-state index is -1.31. The van der Waals surface area contributed by atoms with Gasteiger partial charge in [0.05, 0.1) is 19.3 Å². The Morgan fingerprint density at radius 1 is 1.22 bits per heavy atom. The van der Waals surface area contributed by atoms with Gasteiger partial charge in [0.1, 0.15) is 18.1 Å². The van der Waals surface area contributed by atoms with E-state index < -0.39 is 38.3 Å². The highest BCUT2D eigenvalue weighted by Crippen LogP contribution is 2.27. The van der Waals surface area contributed by atoms with E-state index in [2.05, 4.69) is 35.3 Å². The summed E-state index contributed by atoms with van der Waals surface area (Å²) in [6.45, 7) is 6.63. The number of rotatable bonds is 10. The van der Waals surface area contributed by atoms with Gasteiger partial charge in [-0.15, -0.1) is 0 Å². The van der Waals surface area contributed by atoms with Gasteiger partial charge in [-0.05, 0) is 30.2 Å². The zero-order valence-electron chi connectivity index (χ0n) is 20.8. The molecule has 1 aliphatic rings. The highest BCUT2D eigenvalue weighted by atomic mass is 28.3. The Morgan fingerprint density at radius 2 is 1.97 bits per heavy atom. The molecule has 12 heteroatoms. The van der Waals surface area contributed by atoms with Crippen LogP contribution in [0.4, 0.5) is 16.3 Å². The van der Waals surface area contributed by atoms with Gasteiger partial charge in [-0.25, -0.2) is 9.59 Å². The zero-order valence-corrected chi connectivity index (χ0v) is 21.8. The van der Waals surface area contributed by atoms with Gasteiger partial charge in [0.15, 0.2) is 0 Å². The number of ether oxygens (including phenoxy) is 2. The molecule has 0 bridgehead atoms. The fraction of sp³-hybridized carbons (Fsp3) is 0.500. The molecule has 1 saturated heterocycles. The van der Waals surface area contributed by atoms with Crippen molar-refractivity contribution in [2.24, 2.45) is 0 Å². The first kappa shape index (κ1) is 27.5. The molecule has 0 saturated carbocycles. The maximum atomic E-state index is 12.5. The number of nitrogens with zero attached hydrogens (tertiary/aromatic N) is 2. The van der Waals surface area contributed by atoms with E-state index in [0.29, 0.717) is 18.7 Å². The lowest BCUT2D eigenvalue weighted by atomic mass is 10.1. The zero-order chi connectivity index (χ0) is 26.3. The Labute approximate surface area is 210 Å². The number of aromatic nitrogens is 2.